The molecule has 1 atom stereocenters. The molecule has 0 fully saturated rings. The van der Waals surface area contributed by atoms with Gasteiger partial charge in [-0.25, -0.2) is 0 Å². The van der Waals surface area contributed by atoms with Crippen LogP contribution in [0.3, 0.4) is 0 Å². The minimum Gasteiger partial charge on any atom is -0.462 e. The van der Waals surface area contributed by atoms with E-state index in [1.807, 2.05) is 6.08 Å². The van der Waals surface area contributed by atoms with Crippen LogP contribution in [0, 0.1) is 0 Å². The smallest absolute Gasteiger partial charge is 0.310 e. The van der Waals surface area contributed by atoms with Gasteiger partial charge in [-0.1, -0.05) is 227 Å². The van der Waals surface area contributed by atoms with Crippen LogP contribution in [0.1, 0.15) is 233 Å². The Morgan fingerprint density at radius 3 is 1.03 bits per heavy atom. The maximum absolute atomic E-state index is 12.7. The molecule has 0 aliphatic carbocycles. The Bertz CT molecular complexity index is 1300. The largest absolute Gasteiger partial charge is 0.462 e. The topological polar surface area (TPSA) is 78.9 Å². The SMILES string of the molecule is CC/C=C\C/C=C\C/C=C\C/C=C\C/C=C\CC(=O)OC(COC(=O)CCCCCCCC)COC(=O)CCCCCCCCCCCC/C=C\C/C=C\C/C=C\CCCCCCC. The van der Waals surface area contributed by atoms with Gasteiger partial charge in [0.05, 0.1) is 6.42 Å². The molecule has 6 heteroatoms. The average Bonchev–Trinajstić information content (AvgIpc) is 3.29. The third-order valence-electron chi connectivity index (χ3n) is 10.9. The fourth-order valence-electron chi connectivity index (χ4n) is 6.94. The van der Waals surface area contributed by atoms with E-state index >= 15 is 0 Å². The molecular formula is C58H96O6. The van der Waals surface area contributed by atoms with Crippen molar-refractivity contribution in [3.8, 4) is 0 Å². The molecule has 364 valence electrons. The number of ether oxygens (including phenoxy) is 3. The van der Waals surface area contributed by atoms with Gasteiger partial charge in [-0.2, -0.15) is 0 Å². The van der Waals surface area contributed by atoms with Crippen molar-refractivity contribution in [3.05, 3.63) is 97.2 Å². The van der Waals surface area contributed by atoms with Gasteiger partial charge in [0.25, 0.3) is 0 Å². The highest BCUT2D eigenvalue weighted by Crippen LogP contribution is 2.14. The van der Waals surface area contributed by atoms with E-state index < -0.39 is 12.1 Å². The Balaban J connectivity index is 4.25. The lowest BCUT2D eigenvalue weighted by Gasteiger charge is -2.18. The highest BCUT2D eigenvalue weighted by molar-refractivity contribution is 5.72. The highest BCUT2D eigenvalue weighted by atomic mass is 16.6. The van der Waals surface area contributed by atoms with E-state index in [0.717, 1.165) is 83.5 Å². The zero-order valence-electron chi connectivity index (χ0n) is 41.5. The van der Waals surface area contributed by atoms with Gasteiger partial charge in [-0.3, -0.25) is 14.4 Å². The van der Waals surface area contributed by atoms with Crippen LogP contribution in [0.5, 0.6) is 0 Å². The van der Waals surface area contributed by atoms with Gasteiger partial charge in [0.1, 0.15) is 13.2 Å². The van der Waals surface area contributed by atoms with Crippen LogP contribution < -0.4 is 0 Å². The van der Waals surface area contributed by atoms with Gasteiger partial charge in [-0.15, -0.1) is 0 Å². The average molecular weight is 889 g/mol. The van der Waals surface area contributed by atoms with Crippen LogP contribution in [-0.4, -0.2) is 37.2 Å². The normalized spacial score (nSPS) is 12.9. The fourth-order valence-corrected chi connectivity index (χ4v) is 6.94. The van der Waals surface area contributed by atoms with E-state index in [2.05, 4.69) is 106 Å². The summed E-state index contributed by atoms with van der Waals surface area (Å²) in [5, 5.41) is 0. The molecule has 0 saturated heterocycles. The number of unbranched alkanes of at least 4 members (excludes halogenated alkanes) is 20. The minimum atomic E-state index is -0.830. The molecule has 0 saturated carbocycles. The Morgan fingerprint density at radius 2 is 0.656 bits per heavy atom. The van der Waals surface area contributed by atoms with Gasteiger partial charge in [0.15, 0.2) is 6.10 Å². The van der Waals surface area contributed by atoms with E-state index in [9.17, 15) is 14.4 Å². The van der Waals surface area contributed by atoms with Crippen LogP contribution in [0.2, 0.25) is 0 Å². The van der Waals surface area contributed by atoms with Gasteiger partial charge < -0.3 is 14.2 Å². The summed E-state index contributed by atoms with van der Waals surface area (Å²) in [7, 11) is 0. The summed E-state index contributed by atoms with van der Waals surface area (Å²) >= 11 is 0. The number of carbonyl (C=O) groups excluding carboxylic acids is 3. The molecule has 0 aliphatic rings. The Labute approximate surface area is 394 Å². The van der Waals surface area contributed by atoms with Crippen molar-refractivity contribution in [2.45, 2.75) is 239 Å². The van der Waals surface area contributed by atoms with Crippen molar-refractivity contribution in [1.29, 1.82) is 0 Å². The number of allylic oxidation sites excluding steroid dienone is 15. The molecule has 0 heterocycles. The monoisotopic (exact) mass is 889 g/mol. The van der Waals surface area contributed by atoms with Crippen molar-refractivity contribution >= 4 is 17.9 Å². The number of rotatable bonds is 46. The van der Waals surface area contributed by atoms with Crippen molar-refractivity contribution in [3.63, 3.8) is 0 Å². The molecule has 0 N–H and O–H groups in total. The molecule has 0 aromatic heterocycles. The second kappa shape index (κ2) is 52.0. The highest BCUT2D eigenvalue weighted by Gasteiger charge is 2.19. The van der Waals surface area contributed by atoms with Crippen molar-refractivity contribution in [1.82, 2.24) is 0 Å². The maximum atomic E-state index is 12.7. The lowest BCUT2D eigenvalue weighted by molar-refractivity contribution is -0.166. The molecule has 0 aromatic carbocycles. The van der Waals surface area contributed by atoms with Gasteiger partial charge in [-0.05, 0) is 83.5 Å². The Hall–Kier alpha value is -3.67. The molecule has 0 aliphatic heterocycles. The second-order valence-electron chi connectivity index (χ2n) is 17.1. The molecule has 0 aromatic rings. The van der Waals surface area contributed by atoms with Gasteiger partial charge in [0.2, 0.25) is 0 Å². The predicted octanol–water partition coefficient (Wildman–Crippen LogP) is 17.4. The molecule has 0 rings (SSSR count). The third-order valence-corrected chi connectivity index (χ3v) is 10.9. The summed E-state index contributed by atoms with van der Waals surface area (Å²) in [6.07, 6.45) is 68.8. The van der Waals surface area contributed by atoms with E-state index in [-0.39, 0.29) is 31.6 Å². The molecule has 0 spiro atoms. The summed E-state index contributed by atoms with van der Waals surface area (Å²) in [6, 6.07) is 0. The summed E-state index contributed by atoms with van der Waals surface area (Å²) in [5.74, 6) is -1.07. The predicted molar refractivity (Wildman–Crippen MR) is 274 cm³/mol. The van der Waals surface area contributed by atoms with E-state index in [1.54, 1.807) is 6.08 Å². The fraction of sp³-hybridized carbons (Fsp3) is 0.672. The Kier molecular flexibility index (Phi) is 49.0. The lowest BCUT2D eigenvalue weighted by atomic mass is 10.1. The zero-order chi connectivity index (χ0) is 46.5. The van der Waals surface area contributed by atoms with Crippen LogP contribution in [0.4, 0.5) is 0 Å². The first-order valence-electron chi connectivity index (χ1n) is 26.2. The molecule has 1 unspecified atom stereocenters. The first-order valence-corrected chi connectivity index (χ1v) is 26.2. The van der Waals surface area contributed by atoms with Gasteiger partial charge >= 0.3 is 17.9 Å². The standard InChI is InChI=1S/C58H96O6/c1-4-7-10-13-16-18-20-22-24-25-26-27-28-29-30-31-32-33-35-36-38-40-42-45-48-51-57(60)63-54-55(53-62-56(59)50-47-44-15-12-9-6-3)64-58(61)52-49-46-43-41-39-37-34-23-21-19-17-14-11-8-5-2/h8,11,17,19-20,22-23,25-26,28-29,34,39,41,46,49,55H,4-7,9-10,12-16,18,21,24,27,30-33,35-38,40,42-45,47-48,50-54H2,1-3H3/b11-8-,19-17-,22-20-,26-25-,29-28-,34-23-,41-39-,49-46-. The maximum Gasteiger partial charge on any atom is 0.310 e. The van der Waals surface area contributed by atoms with Gasteiger partial charge in [0, 0.05) is 12.8 Å². The van der Waals surface area contributed by atoms with Crippen LogP contribution in [0.15, 0.2) is 97.2 Å². The molecule has 0 radical (unpaired) electrons. The van der Waals surface area contributed by atoms with Crippen LogP contribution in [0.25, 0.3) is 0 Å². The van der Waals surface area contributed by atoms with Crippen molar-refractivity contribution < 1.29 is 28.6 Å². The number of carbonyl (C=O) groups is 3. The van der Waals surface area contributed by atoms with Crippen molar-refractivity contribution in [2.75, 3.05) is 13.2 Å². The summed E-state index contributed by atoms with van der Waals surface area (Å²) in [6.45, 7) is 6.35. The first kappa shape index (κ1) is 60.3. The number of esters is 3. The summed E-state index contributed by atoms with van der Waals surface area (Å²) in [4.78, 5) is 37.7. The Morgan fingerprint density at radius 1 is 0.344 bits per heavy atom. The molecular weight excluding hydrogens is 793 g/mol. The first-order chi connectivity index (χ1) is 31.5. The minimum absolute atomic E-state index is 0.0948. The van der Waals surface area contributed by atoms with E-state index in [4.69, 9.17) is 14.2 Å². The van der Waals surface area contributed by atoms with Crippen LogP contribution in [-0.2, 0) is 28.6 Å². The molecule has 64 heavy (non-hydrogen) atoms. The zero-order valence-corrected chi connectivity index (χ0v) is 41.5. The lowest BCUT2D eigenvalue weighted by Crippen LogP contribution is -2.30. The number of hydrogen-bond donors (Lipinski definition) is 0. The quantitative estimate of drug-likeness (QED) is 0.0262. The molecule has 0 amide bonds. The van der Waals surface area contributed by atoms with Crippen LogP contribution >= 0.6 is 0 Å². The molecule has 0 bridgehead atoms. The third kappa shape index (κ3) is 49.3. The summed E-state index contributed by atoms with van der Waals surface area (Å²) in [5.41, 5.74) is 0. The van der Waals surface area contributed by atoms with E-state index in [0.29, 0.717) is 12.8 Å². The number of hydrogen-bond acceptors (Lipinski definition) is 6. The second-order valence-corrected chi connectivity index (χ2v) is 17.1. The summed E-state index contributed by atoms with van der Waals surface area (Å²) < 4.78 is 16.6. The molecule has 6 nitrogen and oxygen atoms in total. The van der Waals surface area contributed by atoms with E-state index in [1.165, 1.54) is 109 Å². The van der Waals surface area contributed by atoms with Crippen molar-refractivity contribution in [2.24, 2.45) is 0 Å².